The maximum atomic E-state index is 13.2. The van der Waals surface area contributed by atoms with Crippen molar-refractivity contribution in [2.45, 2.75) is 23.9 Å². The Labute approximate surface area is 190 Å². The third-order valence-electron chi connectivity index (χ3n) is 4.65. The Kier molecular flexibility index (Phi) is 6.41. The van der Waals surface area contributed by atoms with Gasteiger partial charge >= 0.3 is 0 Å². The Balaban J connectivity index is 1.50. The first-order valence-electron chi connectivity index (χ1n) is 9.37. The molecule has 0 saturated heterocycles. The molecule has 1 atom stereocenters. The van der Waals surface area contributed by atoms with Crippen LogP contribution in [0.15, 0.2) is 63.9 Å². The summed E-state index contributed by atoms with van der Waals surface area (Å²) < 4.78 is 13.2. The molecule has 0 aliphatic carbocycles. The van der Waals surface area contributed by atoms with Gasteiger partial charge in [-0.2, -0.15) is 0 Å². The summed E-state index contributed by atoms with van der Waals surface area (Å²) in [7, 11) is 0. The zero-order valence-electron chi connectivity index (χ0n) is 16.3. The van der Waals surface area contributed by atoms with Crippen LogP contribution in [-0.2, 0) is 11.3 Å². The minimum atomic E-state index is -0.473. The summed E-state index contributed by atoms with van der Waals surface area (Å²) in [5.74, 6) is -0.526. The first-order valence-corrected chi connectivity index (χ1v) is 11.5. The first-order chi connectivity index (χ1) is 14.9. The van der Waals surface area contributed by atoms with Crippen LogP contribution in [0.4, 0.5) is 4.39 Å². The van der Waals surface area contributed by atoms with Gasteiger partial charge < -0.3 is 10.3 Å². The number of nitrogens with one attached hydrogen (secondary N) is 2. The smallest absolute Gasteiger partial charge is 0.260 e. The lowest BCUT2D eigenvalue weighted by molar-refractivity contribution is -0.120. The largest absolute Gasteiger partial charge is 0.351 e. The number of carbonyl (C=O) groups excluding carboxylic acids is 1. The molecule has 0 unspecified atom stereocenters. The minimum absolute atomic E-state index is 0.189. The van der Waals surface area contributed by atoms with E-state index in [4.69, 9.17) is 11.6 Å². The third kappa shape index (κ3) is 4.81. The van der Waals surface area contributed by atoms with E-state index in [0.29, 0.717) is 32.5 Å². The normalized spacial score (nSPS) is 12.1. The van der Waals surface area contributed by atoms with Crippen LogP contribution < -0.4 is 10.9 Å². The molecule has 9 heteroatoms. The second-order valence-corrected chi connectivity index (χ2v) is 9.37. The number of H-pyrrole nitrogens is 1. The molecular weight excluding hydrogens is 457 g/mol. The Morgan fingerprint density at radius 3 is 2.74 bits per heavy atom. The van der Waals surface area contributed by atoms with Gasteiger partial charge in [-0.15, -0.1) is 11.3 Å². The number of amides is 1. The van der Waals surface area contributed by atoms with E-state index in [9.17, 15) is 14.0 Å². The van der Waals surface area contributed by atoms with Crippen molar-refractivity contribution in [1.82, 2.24) is 15.3 Å². The highest BCUT2D eigenvalue weighted by Gasteiger charge is 2.18. The summed E-state index contributed by atoms with van der Waals surface area (Å²) in [6, 6.07) is 13.3. The van der Waals surface area contributed by atoms with Gasteiger partial charge in [-0.1, -0.05) is 53.7 Å². The van der Waals surface area contributed by atoms with Crippen molar-refractivity contribution in [3.63, 3.8) is 0 Å². The Morgan fingerprint density at radius 1 is 1.26 bits per heavy atom. The molecule has 5 nitrogen and oxygen atoms in total. The number of halogens is 2. The van der Waals surface area contributed by atoms with E-state index in [1.165, 1.54) is 35.2 Å². The number of thiophene rings is 1. The van der Waals surface area contributed by atoms with Crippen molar-refractivity contribution in [1.29, 1.82) is 0 Å². The van der Waals surface area contributed by atoms with Crippen molar-refractivity contribution in [3.05, 3.63) is 80.7 Å². The predicted octanol–water partition coefficient (Wildman–Crippen LogP) is 5.24. The van der Waals surface area contributed by atoms with Gasteiger partial charge in [-0.3, -0.25) is 9.59 Å². The monoisotopic (exact) mass is 473 g/mol. The average Bonchev–Trinajstić information content (AvgIpc) is 3.18. The van der Waals surface area contributed by atoms with E-state index in [-0.39, 0.29) is 17.3 Å². The fourth-order valence-corrected chi connectivity index (χ4v) is 5.04. The van der Waals surface area contributed by atoms with E-state index in [1.807, 2.05) is 23.6 Å². The molecule has 2 heterocycles. The van der Waals surface area contributed by atoms with E-state index >= 15 is 0 Å². The molecule has 0 spiro atoms. The molecule has 0 fully saturated rings. The van der Waals surface area contributed by atoms with Crippen molar-refractivity contribution in [3.8, 4) is 11.1 Å². The Bertz CT molecular complexity index is 1300. The number of carbonyl (C=O) groups is 1. The molecule has 0 radical (unpaired) electrons. The first kappa shape index (κ1) is 21.5. The van der Waals surface area contributed by atoms with Crippen LogP contribution in [0.25, 0.3) is 21.3 Å². The lowest BCUT2D eigenvalue weighted by Crippen LogP contribution is -2.30. The molecule has 2 aromatic carbocycles. The number of benzene rings is 2. The number of rotatable bonds is 6. The van der Waals surface area contributed by atoms with E-state index in [2.05, 4.69) is 15.3 Å². The van der Waals surface area contributed by atoms with Crippen LogP contribution in [0.1, 0.15) is 12.5 Å². The van der Waals surface area contributed by atoms with Gasteiger partial charge in [0.1, 0.15) is 10.6 Å². The number of hydrogen-bond donors (Lipinski definition) is 2. The quantitative estimate of drug-likeness (QED) is 0.296. The van der Waals surface area contributed by atoms with Gasteiger partial charge in [-0.05, 0) is 36.2 Å². The fourth-order valence-electron chi connectivity index (χ4n) is 3.02. The van der Waals surface area contributed by atoms with Crippen LogP contribution in [0.5, 0.6) is 0 Å². The summed E-state index contributed by atoms with van der Waals surface area (Å²) >= 11 is 8.63. The molecule has 0 saturated carbocycles. The van der Waals surface area contributed by atoms with Crippen LogP contribution >= 0.6 is 34.7 Å². The second-order valence-electron chi connectivity index (χ2n) is 6.78. The molecule has 2 N–H and O–H groups in total. The van der Waals surface area contributed by atoms with Gasteiger partial charge in [0.2, 0.25) is 5.91 Å². The second kappa shape index (κ2) is 9.21. The van der Waals surface area contributed by atoms with Crippen molar-refractivity contribution in [2.75, 3.05) is 0 Å². The Hall–Kier alpha value is -2.68. The molecule has 1 amide bonds. The molecule has 0 aliphatic rings. The van der Waals surface area contributed by atoms with Gasteiger partial charge in [0.05, 0.1) is 10.6 Å². The van der Waals surface area contributed by atoms with Crippen molar-refractivity contribution < 1.29 is 9.18 Å². The molecule has 31 heavy (non-hydrogen) atoms. The maximum absolute atomic E-state index is 13.2. The zero-order valence-corrected chi connectivity index (χ0v) is 18.7. The van der Waals surface area contributed by atoms with Crippen molar-refractivity contribution in [2.24, 2.45) is 0 Å². The number of hydrogen-bond acceptors (Lipinski definition) is 5. The number of fused-ring (bicyclic) bond motifs is 1. The molecule has 4 rings (SSSR count). The minimum Gasteiger partial charge on any atom is -0.351 e. The summed E-state index contributed by atoms with van der Waals surface area (Å²) in [5.41, 5.74) is 1.98. The summed E-state index contributed by atoms with van der Waals surface area (Å²) in [6.45, 7) is 2.06. The van der Waals surface area contributed by atoms with E-state index in [0.717, 1.165) is 11.1 Å². The molecule has 0 aliphatic heterocycles. The zero-order chi connectivity index (χ0) is 22.0. The molecule has 0 bridgehead atoms. The summed E-state index contributed by atoms with van der Waals surface area (Å²) in [4.78, 5) is 33.0. The van der Waals surface area contributed by atoms with Crippen LogP contribution in [0.3, 0.4) is 0 Å². The van der Waals surface area contributed by atoms with Crippen LogP contribution in [0, 0.1) is 5.82 Å². The SMILES string of the molecule is C[C@@H](Sc1nc2scc(-c3ccc(F)cc3)c2c(=O)[nH]1)C(=O)NCc1ccccc1Cl. The van der Waals surface area contributed by atoms with Crippen LogP contribution in [0.2, 0.25) is 5.02 Å². The average molecular weight is 474 g/mol. The van der Waals surface area contributed by atoms with Gasteiger partial charge in [-0.25, -0.2) is 9.37 Å². The number of aromatic nitrogens is 2. The number of thioether (sulfide) groups is 1. The van der Waals surface area contributed by atoms with E-state index < -0.39 is 5.25 Å². The number of aromatic amines is 1. The maximum Gasteiger partial charge on any atom is 0.260 e. The van der Waals surface area contributed by atoms with Crippen LogP contribution in [-0.4, -0.2) is 21.1 Å². The molecular formula is C22H17ClFN3O2S2. The topological polar surface area (TPSA) is 74.8 Å². The predicted molar refractivity (Wildman–Crippen MR) is 124 cm³/mol. The third-order valence-corrected chi connectivity index (χ3v) is 6.87. The van der Waals surface area contributed by atoms with Gasteiger partial charge in [0.15, 0.2) is 5.16 Å². The molecule has 4 aromatic rings. The molecule has 2 aromatic heterocycles. The highest BCUT2D eigenvalue weighted by Crippen LogP contribution is 2.32. The lowest BCUT2D eigenvalue weighted by Gasteiger charge is -2.12. The van der Waals surface area contributed by atoms with Crippen molar-refractivity contribution >= 4 is 50.8 Å². The van der Waals surface area contributed by atoms with Gasteiger partial charge in [0.25, 0.3) is 5.56 Å². The standard InChI is InChI=1S/C22H17ClFN3O2S2/c1-12(19(28)25-10-14-4-2-3-5-17(14)23)31-22-26-20(29)18-16(11-30-21(18)27-22)13-6-8-15(24)9-7-13/h2-9,11-12H,10H2,1H3,(H,25,28)(H,26,27,29)/t12-/m1/s1. The highest BCUT2D eigenvalue weighted by atomic mass is 35.5. The highest BCUT2D eigenvalue weighted by molar-refractivity contribution is 8.00. The number of nitrogens with zero attached hydrogens (tertiary/aromatic N) is 1. The summed E-state index contributed by atoms with van der Waals surface area (Å²) in [5, 5.41) is 5.62. The fraction of sp³-hybridized carbons (Fsp3) is 0.136. The summed E-state index contributed by atoms with van der Waals surface area (Å²) in [6.07, 6.45) is 0. The lowest BCUT2D eigenvalue weighted by atomic mass is 10.1. The van der Waals surface area contributed by atoms with Gasteiger partial charge in [0, 0.05) is 22.5 Å². The Morgan fingerprint density at radius 2 is 2.00 bits per heavy atom. The molecule has 158 valence electrons. The van der Waals surface area contributed by atoms with E-state index in [1.54, 1.807) is 25.1 Å².